The Hall–Kier alpha value is -1.48. The minimum Gasteiger partial charge on any atom is -0.464 e. The van der Waals surface area contributed by atoms with Gasteiger partial charge in [-0.2, -0.15) is 0 Å². The Morgan fingerprint density at radius 2 is 1.91 bits per heavy atom. The fraction of sp³-hybridized carbons (Fsp3) is 0.450. The van der Waals surface area contributed by atoms with E-state index in [2.05, 4.69) is 52.0 Å². The van der Waals surface area contributed by atoms with Crippen LogP contribution in [0.2, 0.25) is 0 Å². The minimum atomic E-state index is -0.523. The van der Waals surface area contributed by atoms with Crippen LogP contribution >= 0.6 is 11.8 Å². The standard InChI is InChI=1S/C20H26O2S/c1-15(2)9-8-12-20(23-18-10-6-5-7-11-18)17(13-16(3)4)14-22-19(20)21/h5-7,9-11,13,17H,8,12,14H2,1-4H3. The highest BCUT2D eigenvalue weighted by atomic mass is 32.2. The van der Waals surface area contributed by atoms with E-state index in [0.29, 0.717) is 6.61 Å². The molecule has 1 fully saturated rings. The number of rotatable bonds is 6. The maximum atomic E-state index is 12.7. The van der Waals surface area contributed by atoms with E-state index in [9.17, 15) is 4.79 Å². The predicted molar refractivity (Wildman–Crippen MR) is 97.6 cm³/mol. The second-order valence-electron chi connectivity index (χ2n) is 6.57. The van der Waals surface area contributed by atoms with Gasteiger partial charge in [-0.25, -0.2) is 0 Å². The second kappa shape index (κ2) is 7.87. The van der Waals surface area contributed by atoms with Gasteiger partial charge in [-0.1, -0.05) is 41.5 Å². The first-order valence-electron chi connectivity index (χ1n) is 8.14. The third-order valence-corrected chi connectivity index (χ3v) is 5.53. The van der Waals surface area contributed by atoms with Crippen molar-refractivity contribution in [2.45, 2.75) is 50.2 Å². The average Bonchev–Trinajstić information content (AvgIpc) is 2.77. The number of ether oxygens (including phenoxy) is 1. The van der Waals surface area contributed by atoms with Crippen LogP contribution in [0.15, 0.2) is 58.5 Å². The molecule has 0 amide bonds. The first kappa shape index (κ1) is 17.9. The molecule has 3 heteroatoms. The first-order chi connectivity index (χ1) is 10.9. The molecule has 2 rings (SSSR count). The van der Waals surface area contributed by atoms with Crippen molar-refractivity contribution >= 4 is 17.7 Å². The molecule has 2 unspecified atom stereocenters. The summed E-state index contributed by atoms with van der Waals surface area (Å²) in [6.07, 6.45) is 6.09. The molecule has 1 aliphatic rings. The fourth-order valence-electron chi connectivity index (χ4n) is 2.89. The van der Waals surface area contributed by atoms with Gasteiger partial charge in [-0.15, -0.1) is 11.8 Å². The number of hydrogen-bond acceptors (Lipinski definition) is 3. The molecule has 2 atom stereocenters. The van der Waals surface area contributed by atoms with E-state index in [1.54, 1.807) is 11.8 Å². The molecule has 1 heterocycles. The molecular weight excluding hydrogens is 304 g/mol. The summed E-state index contributed by atoms with van der Waals surface area (Å²) in [5.74, 6) is 0.0479. The first-order valence-corrected chi connectivity index (χ1v) is 8.95. The quantitative estimate of drug-likeness (QED) is 0.516. The number of hydrogen-bond donors (Lipinski definition) is 0. The van der Waals surface area contributed by atoms with Crippen LogP contribution in [-0.4, -0.2) is 17.3 Å². The maximum Gasteiger partial charge on any atom is 0.323 e. The van der Waals surface area contributed by atoms with Crippen molar-refractivity contribution in [2.75, 3.05) is 6.61 Å². The highest BCUT2D eigenvalue weighted by Crippen LogP contribution is 2.47. The second-order valence-corrected chi connectivity index (χ2v) is 7.98. The fourth-order valence-corrected chi connectivity index (χ4v) is 4.25. The Labute approximate surface area is 144 Å². The number of esters is 1. The van der Waals surface area contributed by atoms with Crippen molar-refractivity contribution in [2.24, 2.45) is 5.92 Å². The molecule has 23 heavy (non-hydrogen) atoms. The molecule has 0 bridgehead atoms. The molecule has 2 nitrogen and oxygen atoms in total. The summed E-state index contributed by atoms with van der Waals surface area (Å²) in [6, 6.07) is 10.2. The number of carbonyl (C=O) groups is 1. The molecule has 1 aromatic carbocycles. The van der Waals surface area contributed by atoms with Gasteiger partial charge in [0, 0.05) is 10.8 Å². The monoisotopic (exact) mass is 330 g/mol. The largest absolute Gasteiger partial charge is 0.464 e. The van der Waals surface area contributed by atoms with E-state index in [-0.39, 0.29) is 11.9 Å². The highest BCUT2D eigenvalue weighted by molar-refractivity contribution is 8.01. The van der Waals surface area contributed by atoms with Crippen LogP contribution in [0.5, 0.6) is 0 Å². The van der Waals surface area contributed by atoms with Crippen LogP contribution in [0.3, 0.4) is 0 Å². The summed E-state index contributed by atoms with van der Waals surface area (Å²) in [5.41, 5.74) is 2.52. The lowest BCUT2D eigenvalue weighted by Crippen LogP contribution is -2.36. The van der Waals surface area contributed by atoms with Gasteiger partial charge >= 0.3 is 5.97 Å². The molecule has 1 aromatic rings. The minimum absolute atomic E-state index is 0.0731. The Kier molecular flexibility index (Phi) is 6.11. The zero-order valence-corrected chi connectivity index (χ0v) is 15.3. The van der Waals surface area contributed by atoms with Crippen molar-refractivity contribution < 1.29 is 9.53 Å². The Bertz CT molecular complexity index is 595. The molecule has 0 saturated carbocycles. The van der Waals surface area contributed by atoms with Crippen LogP contribution in [0, 0.1) is 5.92 Å². The van der Waals surface area contributed by atoms with Crippen LogP contribution in [0.25, 0.3) is 0 Å². The Balaban J connectivity index is 2.34. The third-order valence-electron chi connectivity index (χ3n) is 3.98. The summed E-state index contributed by atoms with van der Waals surface area (Å²) in [6.45, 7) is 8.83. The summed E-state index contributed by atoms with van der Waals surface area (Å²) >= 11 is 1.66. The zero-order valence-electron chi connectivity index (χ0n) is 14.5. The molecule has 0 aliphatic carbocycles. The van der Waals surface area contributed by atoms with Crippen molar-refractivity contribution in [3.8, 4) is 0 Å². The molecule has 124 valence electrons. The van der Waals surface area contributed by atoms with Gasteiger partial charge in [0.25, 0.3) is 0 Å². The normalized spacial score (nSPS) is 23.3. The van der Waals surface area contributed by atoms with E-state index < -0.39 is 4.75 Å². The van der Waals surface area contributed by atoms with Crippen molar-refractivity contribution in [1.29, 1.82) is 0 Å². The van der Waals surface area contributed by atoms with Gasteiger partial charge in [-0.3, -0.25) is 4.79 Å². The predicted octanol–water partition coefficient (Wildman–Crippen LogP) is 5.40. The lowest BCUT2D eigenvalue weighted by molar-refractivity contribution is -0.140. The van der Waals surface area contributed by atoms with Crippen LogP contribution in [0.4, 0.5) is 0 Å². The maximum absolute atomic E-state index is 12.7. The van der Waals surface area contributed by atoms with Gasteiger partial charge in [0.05, 0.1) is 6.61 Å². The van der Waals surface area contributed by atoms with Gasteiger partial charge < -0.3 is 4.74 Å². The molecule has 0 spiro atoms. The lowest BCUT2D eigenvalue weighted by atomic mass is 9.88. The summed E-state index contributed by atoms with van der Waals surface area (Å²) in [4.78, 5) is 13.8. The van der Waals surface area contributed by atoms with Crippen molar-refractivity contribution in [1.82, 2.24) is 0 Å². The molecule has 1 aliphatic heterocycles. The summed E-state index contributed by atoms with van der Waals surface area (Å²) < 4.78 is 4.96. The van der Waals surface area contributed by atoms with Crippen molar-refractivity contribution in [3.05, 3.63) is 53.6 Å². The number of benzene rings is 1. The zero-order chi connectivity index (χ0) is 16.9. The third kappa shape index (κ3) is 4.51. The summed E-state index contributed by atoms with van der Waals surface area (Å²) in [5, 5.41) is 0. The van der Waals surface area contributed by atoms with E-state index in [1.165, 1.54) is 11.1 Å². The van der Waals surface area contributed by atoms with E-state index in [4.69, 9.17) is 4.74 Å². The lowest BCUT2D eigenvalue weighted by Gasteiger charge is -2.29. The smallest absolute Gasteiger partial charge is 0.323 e. The topological polar surface area (TPSA) is 26.3 Å². The van der Waals surface area contributed by atoms with E-state index in [1.807, 2.05) is 18.2 Å². The van der Waals surface area contributed by atoms with E-state index in [0.717, 1.165) is 17.7 Å². The van der Waals surface area contributed by atoms with Crippen LogP contribution in [0.1, 0.15) is 40.5 Å². The van der Waals surface area contributed by atoms with Crippen LogP contribution < -0.4 is 0 Å². The number of thioether (sulfide) groups is 1. The van der Waals surface area contributed by atoms with Gasteiger partial charge in [-0.05, 0) is 52.7 Å². The Morgan fingerprint density at radius 3 is 2.52 bits per heavy atom. The SMILES string of the molecule is CC(C)=CCCC1(Sc2ccccc2)C(=O)OCC1C=C(C)C. The van der Waals surface area contributed by atoms with E-state index >= 15 is 0 Å². The number of allylic oxidation sites excluding steroid dienone is 3. The van der Waals surface area contributed by atoms with Gasteiger partial charge in [0.2, 0.25) is 0 Å². The van der Waals surface area contributed by atoms with Gasteiger partial charge in [0.1, 0.15) is 4.75 Å². The molecule has 1 saturated heterocycles. The summed E-state index contributed by atoms with van der Waals surface area (Å²) in [7, 11) is 0. The average molecular weight is 330 g/mol. The van der Waals surface area contributed by atoms with Crippen LogP contribution in [-0.2, 0) is 9.53 Å². The molecule has 0 aromatic heterocycles. The van der Waals surface area contributed by atoms with Gasteiger partial charge in [0.15, 0.2) is 0 Å². The van der Waals surface area contributed by atoms with Crippen molar-refractivity contribution in [3.63, 3.8) is 0 Å². The molecule has 0 radical (unpaired) electrons. The molecular formula is C20H26O2S. The highest BCUT2D eigenvalue weighted by Gasteiger charge is 2.51. The number of cyclic esters (lactones) is 1. The molecule has 0 N–H and O–H groups in total. The Morgan fingerprint density at radius 1 is 1.22 bits per heavy atom. The number of carbonyl (C=O) groups excluding carboxylic acids is 1.